The summed E-state index contributed by atoms with van der Waals surface area (Å²) >= 11 is 0. The van der Waals surface area contributed by atoms with Gasteiger partial charge in [-0.05, 0) is 56.2 Å². The summed E-state index contributed by atoms with van der Waals surface area (Å²) in [5.41, 5.74) is 5.65. The molecule has 3 aromatic rings. The molecule has 6 rings (SSSR count). The van der Waals surface area contributed by atoms with Gasteiger partial charge in [0.25, 0.3) is 0 Å². The molecule has 1 aliphatic carbocycles. The zero-order valence-electron chi connectivity index (χ0n) is 24.7. The van der Waals surface area contributed by atoms with Crippen molar-refractivity contribution in [2.24, 2.45) is 11.7 Å². The van der Waals surface area contributed by atoms with E-state index < -0.39 is 41.4 Å². The van der Waals surface area contributed by atoms with Crippen molar-refractivity contribution in [2.75, 3.05) is 13.2 Å². The summed E-state index contributed by atoms with van der Waals surface area (Å²) < 4.78 is 25.9. The van der Waals surface area contributed by atoms with Gasteiger partial charge in [0, 0.05) is 29.2 Å². The number of benzene rings is 2. The van der Waals surface area contributed by atoms with Crippen molar-refractivity contribution in [3.05, 3.63) is 60.4 Å². The van der Waals surface area contributed by atoms with Crippen LogP contribution in [0.25, 0.3) is 21.7 Å². The summed E-state index contributed by atoms with van der Waals surface area (Å²) in [7, 11) is 0. The average Bonchev–Trinajstić information content (AvgIpc) is 3.53. The minimum absolute atomic E-state index is 0. The van der Waals surface area contributed by atoms with Gasteiger partial charge < -0.3 is 25.4 Å². The van der Waals surface area contributed by atoms with Crippen LogP contribution in [0.2, 0.25) is 0 Å². The van der Waals surface area contributed by atoms with Crippen molar-refractivity contribution in [3.63, 3.8) is 0 Å². The van der Waals surface area contributed by atoms with Crippen LogP contribution in [0.15, 0.2) is 54.6 Å². The molecule has 2 aromatic carbocycles. The highest BCUT2D eigenvalue weighted by molar-refractivity contribution is 6.07. The lowest BCUT2D eigenvalue weighted by atomic mass is 10.1. The molecule has 1 aromatic heterocycles. The van der Waals surface area contributed by atoms with Crippen LogP contribution in [0.5, 0.6) is 5.88 Å². The number of halogens is 2. The fraction of sp³-hybridized carbons (Fsp3) is 0.455. The molecule has 3 aliphatic rings. The lowest BCUT2D eigenvalue weighted by Crippen LogP contribution is -2.55. The predicted octanol–water partition coefficient (Wildman–Crippen LogP) is 4.58. The third-order valence-corrected chi connectivity index (χ3v) is 8.83. The van der Waals surface area contributed by atoms with E-state index in [0.717, 1.165) is 41.8 Å². The van der Waals surface area contributed by atoms with Crippen LogP contribution >= 0.6 is 12.4 Å². The number of hydrogen-bond acceptors (Lipinski definition) is 7. The maximum Gasteiger partial charge on any atom is 0.332 e. The first-order chi connectivity index (χ1) is 20.8. The third kappa shape index (κ3) is 6.10. The molecule has 9 nitrogen and oxygen atoms in total. The van der Waals surface area contributed by atoms with Crippen molar-refractivity contribution >= 4 is 51.9 Å². The van der Waals surface area contributed by atoms with Gasteiger partial charge in [-0.15, -0.1) is 12.4 Å². The second-order valence-corrected chi connectivity index (χ2v) is 11.8. The molecule has 234 valence electrons. The van der Waals surface area contributed by atoms with Crippen molar-refractivity contribution in [3.8, 4) is 5.88 Å². The van der Waals surface area contributed by atoms with E-state index in [-0.39, 0.29) is 43.8 Å². The highest BCUT2D eigenvalue weighted by Gasteiger charge is 2.62. The quantitative estimate of drug-likeness (QED) is 0.247. The van der Waals surface area contributed by atoms with Crippen molar-refractivity contribution < 1.29 is 28.2 Å². The van der Waals surface area contributed by atoms with Gasteiger partial charge >= 0.3 is 5.97 Å². The molecule has 3 N–H and O–H groups in total. The fourth-order valence-corrected chi connectivity index (χ4v) is 6.43. The fourth-order valence-electron chi connectivity index (χ4n) is 6.43. The Morgan fingerprint density at radius 3 is 2.73 bits per heavy atom. The summed E-state index contributed by atoms with van der Waals surface area (Å²) in [6, 6.07) is 10.4. The molecule has 2 fully saturated rings. The molecule has 5 atom stereocenters. The van der Waals surface area contributed by atoms with Crippen molar-refractivity contribution in [1.82, 2.24) is 15.2 Å². The summed E-state index contributed by atoms with van der Waals surface area (Å²) in [4.78, 5) is 46.7. The standard InChI is InChI=1S/C33H37FN4O5.ClH/c1-2-42-32(41)33-18-20(33)10-6-4-3-5-7-13-26(35)31(40)38-19-22(17-28(38)29(39)37-33)43-30-25-12-9-8-11-23(25)24-15-14-21(34)16-27(24)36-30;/h6,8-12,14-16,20,22,26,28H,2-5,7,13,17-19,35H2,1H3,(H,37,39);1H/t20-,22-,26+,28+,33-;/m1./s1. The smallest absolute Gasteiger partial charge is 0.332 e. The first kappa shape index (κ1) is 31.7. The lowest BCUT2D eigenvalue weighted by Gasteiger charge is -2.28. The number of rotatable bonds is 4. The highest BCUT2D eigenvalue weighted by Crippen LogP contribution is 2.46. The molecule has 44 heavy (non-hydrogen) atoms. The molecule has 11 heteroatoms. The predicted molar refractivity (Wildman–Crippen MR) is 167 cm³/mol. The largest absolute Gasteiger partial charge is 0.472 e. The van der Waals surface area contributed by atoms with E-state index in [1.807, 2.05) is 30.3 Å². The van der Waals surface area contributed by atoms with Gasteiger partial charge in [-0.25, -0.2) is 14.2 Å². The Morgan fingerprint density at radius 1 is 1.14 bits per heavy atom. The monoisotopic (exact) mass is 624 g/mol. The number of hydrogen-bond donors (Lipinski definition) is 2. The Hall–Kier alpha value is -3.76. The number of allylic oxidation sites excluding steroid dienone is 1. The van der Waals surface area contributed by atoms with Gasteiger partial charge in [0.05, 0.1) is 24.7 Å². The summed E-state index contributed by atoms with van der Waals surface area (Å²) in [6.45, 7) is 2.05. The second kappa shape index (κ2) is 13.1. The van der Waals surface area contributed by atoms with Crippen LogP contribution in [0.3, 0.4) is 0 Å². The lowest BCUT2D eigenvalue weighted by molar-refractivity contribution is -0.150. The van der Waals surface area contributed by atoms with Gasteiger partial charge in [-0.2, -0.15) is 0 Å². The SMILES string of the molecule is CCOC(=O)[C@@]12C[C@H]1C=CCCCCC[C@H](N)C(=O)N1C[C@H](Oc3nc4cc(F)ccc4c4ccccc34)C[C@H]1C(=O)N2.Cl. The molecule has 2 amide bonds. The highest BCUT2D eigenvalue weighted by atomic mass is 35.5. The normalized spacial score (nSPS) is 27.4. The van der Waals surface area contributed by atoms with Crippen molar-refractivity contribution in [1.29, 1.82) is 0 Å². The first-order valence-electron chi connectivity index (χ1n) is 15.2. The number of esters is 1. The van der Waals surface area contributed by atoms with E-state index in [1.54, 1.807) is 13.0 Å². The topological polar surface area (TPSA) is 124 Å². The second-order valence-electron chi connectivity index (χ2n) is 11.8. The van der Waals surface area contributed by atoms with Crippen LogP contribution in [-0.2, 0) is 19.1 Å². The molecule has 1 saturated heterocycles. The summed E-state index contributed by atoms with van der Waals surface area (Å²) in [5.74, 6) is -1.52. The number of nitrogens with zero attached hydrogens (tertiary/aromatic N) is 2. The van der Waals surface area contributed by atoms with E-state index in [0.29, 0.717) is 24.2 Å². The number of aromatic nitrogens is 1. The van der Waals surface area contributed by atoms with Crippen LogP contribution in [-0.4, -0.2) is 64.5 Å². The Labute approximate surface area is 261 Å². The number of amides is 2. The molecule has 0 bridgehead atoms. The van der Waals surface area contributed by atoms with E-state index in [9.17, 15) is 18.8 Å². The Kier molecular flexibility index (Phi) is 9.41. The third-order valence-electron chi connectivity index (χ3n) is 8.83. The van der Waals surface area contributed by atoms with Gasteiger partial charge in [0.15, 0.2) is 0 Å². The van der Waals surface area contributed by atoms with E-state index >= 15 is 0 Å². The maximum atomic E-state index is 14.1. The number of ether oxygens (including phenoxy) is 2. The Bertz CT molecular complexity index is 1600. The van der Waals surface area contributed by atoms with Crippen LogP contribution in [0.1, 0.15) is 51.9 Å². The van der Waals surface area contributed by atoms with Crippen LogP contribution in [0, 0.1) is 11.7 Å². The number of nitrogens with one attached hydrogen (secondary N) is 1. The molecule has 0 spiro atoms. The van der Waals surface area contributed by atoms with Gasteiger partial charge in [-0.1, -0.05) is 43.2 Å². The van der Waals surface area contributed by atoms with Crippen molar-refractivity contribution in [2.45, 2.75) is 75.6 Å². The Morgan fingerprint density at radius 2 is 1.93 bits per heavy atom. The minimum atomic E-state index is -1.15. The van der Waals surface area contributed by atoms with Crippen LogP contribution in [0.4, 0.5) is 4.39 Å². The zero-order chi connectivity index (χ0) is 30.1. The number of carbonyl (C=O) groups excluding carboxylic acids is 3. The van der Waals surface area contributed by atoms with Gasteiger partial charge in [0.2, 0.25) is 17.7 Å². The molecule has 3 heterocycles. The first-order valence-corrected chi connectivity index (χ1v) is 15.2. The summed E-state index contributed by atoms with van der Waals surface area (Å²) in [6.07, 6.45) is 8.12. The maximum absolute atomic E-state index is 14.1. The number of carbonyl (C=O) groups is 3. The van der Waals surface area contributed by atoms with E-state index in [4.69, 9.17) is 15.2 Å². The number of nitrogens with two attached hydrogens (primary N) is 1. The minimum Gasteiger partial charge on any atom is -0.472 e. The van der Waals surface area contributed by atoms with E-state index in [1.165, 1.54) is 17.0 Å². The van der Waals surface area contributed by atoms with Crippen LogP contribution < -0.4 is 15.8 Å². The molecule has 0 radical (unpaired) electrons. The molecule has 2 aliphatic heterocycles. The number of pyridine rings is 1. The Balaban J connectivity index is 0.00000384. The zero-order valence-corrected chi connectivity index (χ0v) is 25.5. The molecule has 1 saturated carbocycles. The van der Waals surface area contributed by atoms with Gasteiger partial charge in [0.1, 0.15) is 23.5 Å². The molecular formula is C33H38ClFN4O5. The van der Waals surface area contributed by atoms with E-state index in [2.05, 4.69) is 16.4 Å². The molecule has 0 unspecified atom stereocenters. The van der Waals surface area contributed by atoms with Gasteiger partial charge in [-0.3, -0.25) is 9.59 Å². The molecular weight excluding hydrogens is 587 g/mol. The average molecular weight is 625 g/mol. The summed E-state index contributed by atoms with van der Waals surface area (Å²) in [5, 5.41) is 5.35. The number of fused-ring (bicyclic) bond motifs is 5.